The number of H-pyrrole nitrogens is 1. The van der Waals surface area contributed by atoms with Gasteiger partial charge in [0.2, 0.25) is 17.7 Å². The standard InChI is InChI=1S/C28H33N5O7/c29-20(15-34)25(36)31-22(12-16-7-9-18(35)10-8-16)26(37)32-23(27(38)33-11-3-6-24(33)28(39)40)13-17-14-30-21-5-2-1-4-19(17)21/h1-2,4-5,7-10,14,20,22-24,30,34-35H,3,6,11-13,15,29H2,(H,31,36)(H,32,37)(H,39,40). The number of phenols is 1. The molecule has 12 nitrogen and oxygen atoms in total. The van der Waals surface area contributed by atoms with Gasteiger partial charge in [-0.2, -0.15) is 0 Å². The number of nitrogens with zero attached hydrogens (tertiary/aromatic N) is 1. The summed E-state index contributed by atoms with van der Waals surface area (Å²) in [5.74, 6) is -3.06. The number of hydrogen-bond donors (Lipinski definition) is 7. The minimum Gasteiger partial charge on any atom is -0.508 e. The molecule has 40 heavy (non-hydrogen) atoms. The molecule has 1 aliphatic rings. The maximum absolute atomic E-state index is 13.7. The lowest BCUT2D eigenvalue weighted by molar-refractivity contribution is -0.149. The van der Waals surface area contributed by atoms with Crippen molar-refractivity contribution in [3.05, 3.63) is 65.9 Å². The molecule has 1 saturated heterocycles. The summed E-state index contributed by atoms with van der Waals surface area (Å²) in [6.07, 6.45) is 2.66. The number of aromatic hydroxyl groups is 1. The van der Waals surface area contributed by atoms with Crippen LogP contribution in [0.5, 0.6) is 5.75 Å². The fourth-order valence-corrected chi connectivity index (χ4v) is 4.92. The van der Waals surface area contributed by atoms with Crippen LogP contribution in [-0.4, -0.2) is 86.2 Å². The summed E-state index contributed by atoms with van der Waals surface area (Å²) in [5, 5.41) is 34.7. The van der Waals surface area contributed by atoms with Crippen LogP contribution in [0.25, 0.3) is 10.9 Å². The zero-order valence-electron chi connectivity index (χ0n) is 21.7. The van der Waals surface area contributed by atoms with Crippen molar-refractivity contribution in [1.82, 2.24) is 20.5 Å². The predicted octanol–water partition coefficient (Wildman–Crippen LogP) is 0.0235. The third-order valence-electron chi connectivity index (χ3n) is 7.08. The molecule has 4 atom stereocenters. The molecule has 0 saturated carbocycles. The second-order valence-electron chi connectivity index (χ2n) is 9.87. The van der Waals surface area contributed by atoms with E-state index in [1.54, 1.807) is 18.3 Å². The summed E-state index contributed by atoms with van der Waals surface area (Å²) < 4.78 is 0. The molecule has 0 bridgehead atoms. The Balaban J connectivity index is 1.63. The maximum atomic E-state index is 13.7. The van der Waals surface area contributed by atoms with Gasteiger partial charge >= 0.3 is 5.97 Å². The average molecular weight is 552 g/mol. The number of hydrogen-bond acceptors (Lipinski definition) is 7. The number of para-hydroxylation sites is 1. The monoisotopic (exact) mass is 551 g/mol. The van der Waals surface area contributed by atoms with Gasteiger partial charge in [-0.05, 0) is 42.2 Å². The number of benzene rings is 2. The summed E-state index contributed by atoms with van der Waals surface area (Å²) in [6.45, 7) is -0.387. The summed E-state index contributed by atoms with van der Waals surface area (Å²) in [5.41, 5.74) is 7.86. The van der Waals surface area contributed by atoms with Crippen LogP contribution >= 0.6 is 0 Å². The van der Waals surface area contributed by atoms with Crippen molar-refractivity contribution in [2.75, 3.05) is 13.2 Å². The van der Waals surface area contributed by atoms with Crippen LogP contribution in [0.2, 0.25) is 0 Å². The maximum Gasteiger partial charge on any atom is 0.326 e. The molecule has 4 rings (SSSR count). The van der Waals surface area contributed by atoms with E-state index in [1.807, 2.05) is 24.3 Å². The van der Waals surface area contributed by atoms with Gasteiger partial charge in [-0.1, -0.05) is 30.3 Å². The van der Waals surface area contributed by atoms with E-state index in [9.17, 15) is 34.5 Å². The van der Waals surface area contributed by atoms with Crippen LogP contribution in [-0.2, 0) is 32.0 Å². The largest absolute Gasteiger partial charge is 0.508 e. The summed E-state index contributed by atoms with van der Waals surface area (Å²) in [6, 6.07) is 8.96. The van der Waals surface area contributed by atoms with E-state index in [4.69, 9.17) is 5.73 Å². The van der Waals surface area contributed by atoms with Crippen molar-refractivity contribution in [2.24, 2.45) is 5.73 Å². The lowest BCUT2D eigenvalue weighted by Gasteiger charge is -2.29. The van der Waals surface area contributed by atoms with E-state index in [2.05, 4.69) is 15.6 Å². The Kier molecular flexibility index (Phi) is 9.02. The van der Waals surface area contributed by atoms with Crippen molar-refractivity contribution in [3.8, 4) is 5.75 Å². The number of carbonyl (C=O) groups excluding carboxylic acids is 3. The van der Waals surface area contributed by atoms with Gasteiger partial charge < -0.3 is 41.6 Å². The number of carboxylic acid groups (broad SMARTS) is 1. The average Bonchev–Trinajstić information content (AvgIpc) is 3.60. The van der Waals surface area contributed by atoms with Gasteiger partial charge in [-0.15, -0.1) is 0 Å². The van der Waals surface area contributed by atoms with Crippen molar-refractivity contribution in [1.29, 1.82) is 0 Å². The summed E-state index contributed by atoms with van der Waals surface area (Å²) >= 11 is 0. The van der Waals surface area contributed by atoms with E-state index in [-0.39, 0.29) is 25.1 Å². The molecule has 0 spiro atoms. The first-order valence-corrected chi connectivity index (χ1v) is 13.0. The zero-order valence-corrected chi connectivity index (χ0v) is 21.7. The normalized spacial score (nSPS) is 17.2. The Hall–Kier alpha value is -4.42. The van der Waals surface area contributed by atoms with E-state index < -0.39 is 54.5 Å². The predicted molar refractivity (Wildman–Crippen MR) is 145 cm³/mol. The molecule has 212 valence electrons. The minimum absolute atomic E-state index is 0.00542. The first kappa shape index (κ1) is 28.6. The lowest BCUT2D eigenvalue weighted by Crippen LogP contribution is -2.58. The van der Waals surface area contributed by atoms with Crippen molar-refractivity contribution >= 4 is 34.6 Å². The molecule has 1 aliphatic heterocycles. The topological polar surface area (TPSA) is 198 Å². The Labute approximate surface area is 230 Å². The molecule has 0 radical (unpaired) electrons. The van der Waals surface area contributed by atoms with Crippen LogP contribution in [0.15, 0.2) is 54.7 Å². The van der Waals surface area contributed by atoms with E-state index in [0.717, 1.165) is 16.5 Å². The molecule has 0 aliphatic carbocycles. The molecule has 1 fully saturated rings. The number of nitrogens with two attached hydrogens (primary N) is 1. The minimum atomic E-state index is -1.26. The molecular formula is C28H33N5O7. The smallest absolute Gasteiger partial charge is 0.326 e. The van der Waals surface area contributed by atoms with Gasteiger partial charge in [-0.3, -0.25) is 14.4 Å². The molecule has 12 heteroatoms. The first-order valence-electron chi connectivity index (χ1n) is 13.0. The van der Waals surface area contributed by atoms with Gasteiger partial charge in [0.15, 0.2) is 0 Å². The highest BCUT2D eigenvalue weighted by Crippen LogP contribution is 2.23. The number of carboxylic acids is 1. The third-order valence-corrected chi connectivity index (χ3v) is 7.08. The van der Waals surface area contributed by atoms with E-state index >= 15 is 0 Å². The fraction of sp³-hybridized carbons (Fsp3) is 0.357. The SMILES string of the molecule is NC(CO)C(=O)NC(Cc1ccc(O)cc1)C(=O)NC(Cc1c[nH]c2ccccc12)C(=O)N1CCCC1C(=O)O. The number of rotatable bonds is 11. The van der Waals surface area contributed by atoms with Crippen LogP contribution < -0.4 is 16.4 Å². The second kappa shape index (κ2) is 12.6. The van der Waals surface area contributed by atoms with Gasteiger partial charge in [0.1, 0.15) is 29.9 Å². The zero-order chi connectivity index (χ0) is 28.8. The second-order valence-corrected chi connectivity index (χ2v) is 9.87. The fourth-order valence-electron chi connectivity index (χ4n) is 4.92. The van der Waals surface area contributed by atoms with Crippen LogP contribution in [0.1, 0.15) is 24.0 Å². The number of aromatic amines is 1. The molecular weight excluding hydrogens is 518 g/mol. The van der Waals surface area contributed by atoms with Crippen LogP contribution in [0.3, 0.4) is 0 Å². The molecule has 8 N–H and O–H groups in total. The Morgan fingerprint density at radius 2 is 1.70 bits per heavy atom. The van der Waals surface area contributed by atoms with Crippen LogP contribution in [0, 0.1) is 0 Å². The number of amides is 3. The Morgan fingerprint density at radius 1 is 1.00 bits per heavy atom. The van der Waals surface area contributed by atoms with Crippen molar-refractivity contribution in [3.63, 3.8) is 0 Å². The highest BCUT2D eigenvalue weighted by Gasteiger charge is 2.38. The van der Waals surface area contributed by atoms with E-state index in [0.29, 0.717) is 18.4 Å². The van der Waals surface area contributed by atoms with Gasteiger partial charge in [0.05, 0.1) is 6.61 Å². The molecule has 2 aromatic carbocycles. The van der Waals surface area contributed by atoms with Crippen molar-refractivity contribution in [2.45, 2.75) is 49.9 Å². The third kappa shape index (κ3) is 6.58. The quantitative estimate of drug-likeness (QED) is 0.173. The number of aliphatic hydroxyl groups excluding tert-OH is 1. The molecule has 1 aromatic heterocycles. The highest BCUT2D eigenvalue weighted by molar-refractivity contribution is 5.95. The molecule has 2 heterocycles. The van der Waals surface area contributed by atoms with Gasteiger partial charge in [-0.25, -0.2) is 4.79 Å². The Morgan fingerprint density at radius 3 is 2.40 bits per heavy atom. The number of nitrogens with one attached hydrogen (secondary N) is 3. The highest BCUT2D eigenvalue weighted by atomic mass is 16.4. The molecule has 3 aromatic rings. The van der Waals surface area contributed by atoms with Crippen LogP contribution in [0.4, 0.5) is 0 Å². The Bertz CT molecular complexity index is 1370. The first-order chi connectivity index (χ1) is 19.2. The summed E-state index contributed by atoms with van der Waals surface area (Å²) in [7, 11) is 0. The number of aliphatic hydroxyl groups is 1. The van der Waals surface area contributed by atoms with Gasteiger partial charge in [0, 0.05) is 36.5 Å². The number of aliphatic carboxylic acids is 1. The summed E-state index contributed by atoms with van der Waals surface area (Å²) in [4.78, 5) is 56.1. The van der Waals surface area contributed by atoms with Gasteiger partial charge in [0.25, 0.3) is 0 Å². The number of carbonyl (C=O) groups is 4. The molecule has 3 amide bonds. The molecule has 4 unspecified atom stereocenters. The van der Waals surface area contributed by atoms with Crippen molar-refractivity contribution < 1.29 is 34.5 Å². The number of likely N-dealkylation sites (tertiary alicyclic amines) is 1. The number of fused-ring (bicyclic) bond motifs is 1. The van der Waals surface area contributed by atoms with E-state index in [1.165, 1.54) is 17.0 Å². The number of aromatic nitrogens is 1. The lowest BCUT2D eigenvalue weighted by atomic mass is 10.0. The number of phenolic OH excluding ortho intramolecular Hbond substituents is 1.